The maximum absolute atomic E-state index is 4.69. The smallest absolute Gasteiger partial charge is 0.213 e. The van der Waals surface area contributed by atoms with E-state index in [1.54, 1.807) is 0 Å². The Labute approximate surface area is 105 Å². The Hall–Kier alpha value is -2.36. The molecule has 1 heterocycles. The van der Waals surface area contributed by atoms with Crippen molar-refractivity contribution in [3.63, 3.8) is 0 Å². The van der Waals surface area contributed by atoms with Crippen molar-refractivity contribution < 1.29 is 4.52 Å². The Kier molecular flexibility index (Phi) is 2.92. The van der Waals surface area contributed by atoms with Crippen LogP contribution in [0.2, 0.25) is 0 Å². The van der Waals surface area contributed by atoms with Crippen LogP contribution in [0.1, 0.15) is 5.82 Å². The normalized spacial score (nSPS) is 10.7. The van der Waals surface area contributed by atoms with Crippen LogP contribution < -0.4 is 5.32 Å². The molecule has 1 N–H and O–H groups in total. The van der Waals surface area contributed by atoms with Gasteiger partial charge in [0.25, 0.3) is 0 Å². The van der Waals surface area contributed by atoms with Gasteiger partial charge in [0.2, 0.25) is 6.39 Å². The number of rotatable bonds is 4. The second-order valence-corrected chi connectivity index (χ2v) is 4.09. The first-order valence-electron chi connectivity index (χ1n) is 5.90. The van der Waals surface area contributed by atoms with E-state index >= 15 is 0 Å². The van der Waals surface area contributed by atoms with Crippen molar-refractivity contribution in [1.29, 1.82) is 0 Å². The van der Waals surface area contributed by atoms with Crippen LogP contribution in [0.15, 0.2) is 53.4 Å². The van der Waals surface area contributed by atoms with Crippen LogP contribution in [-0.2, 0) is 6.42 Å². The van der Waals surface area contributed by atoms with E-state index in [2.05, 4.69) is 50.3 Å². The molecule has 1 aromatic heterocycles. The first-order valence-corrected chi connectivity index (χ1v) is 5.90. The van der Waals surface area contributed by atoms with Gasteiger partial charge >= 0.3 is 0 Å². The van der Waals surface area contributed by atoms with Gasteiger partial charge in [0.05, 0.1) is 0 Å². The summed E-state index contributed by atoms with van der Waals surface area (Å²) in [4.78, 5) is 3.98. The quantitative estimate of drug-likeness (QED) is 0.760. The first-order chi connectivity index (χ1) is 8.92. The molecule has 2 aromatic carbocycles. The van der Waals surface area contributed by atoms with E-state index in [-0.39, 0.29) is 0 Å². The van der Waals surface area contributed by atoms with Gasteiger partial charge in [-0.05, 0) is 22.9 Å². The number of aromatic nitrogens is 2. The summed E-state index contributed by atoms with van der Waals surface area (Å²) in [6.07, 6.45) is 2.11. The van der Waals surface area contributed by atoms with Gasteiger partial charge < -0.3 is 9.84 Å². The van der Waals surface area contributed by atoms with E-state index in [9.17, 15) is 0 Å². The summed E-state index contributed by atoms with van der Waals surface area (Å²) in [5, 5.41) is 9.61. The zero-order valence-electron chi connectivity index (χ0n) is 9.84. The predicted octanol–water partition coefficient (Wildman–Crippen LogP) is 2.88. The molecule has 0 saturated carbocycles. The largest absolute Gasteiger partial charge is 0.385 e. The predicted molar refractivity (Wildman–Crippen MR) is 70.4 cm³/mol. The maximum atomic E-state index is 4.69. The van der Waals surface area contributed by atoms with Gasteiger partial charge in [0.15, 0.2) is 5.82 Å². The number of benzene rings is 2. The lowest BCUT2D eigenvalue weighted by Crippen LogP contribution is -2.05. The standard InChI is InChI=1S/C14H13N3O/c1-2-4-12-9-13(6-5-11(12)3-1)15-8-7-14-16-10-18-17-14/h1-6,9-10,15H,7-8H2. The molecule has 18 heavy (non-hydrogen) atoms. The number of nitrogens with one attached hydrogen (secondary N) is 1. The highest BCUT2D eigenvalue weighted by atomic mass is 16.5. The van der Waals surface area contributed by atoms with Gasteiger partial charge in [-0.15, -0.1) is 0 Å². The minimum absolute atomic E-state index is 0.725. The summed E-state index contributed by atoms with van der Waals surface area (Å²) >= 11 is 0. The van der Waals surface area contributed by atoms with E-state index in [0.717, 1.165) is 24.5 Å². The zero-order chi connectivity index (χ0) is 12.2. The van der Waals surface area contributed by atoms with Gasteiger partial charge in [-0.25, -0.2) is 0 Å². The number of anilines is 1. The van der Waals surface area contributed by atoms with Crippen molar-refractivity contribution in [3.8, 4) is 0 Å². The first kappa shape index (κ1) is 10.8. The Bertz CT molecular complexity index is 634. The number of hydrogen-bond donors (Lipinski definition) is 1. The Morgan fingerprint density at radius 2 is 1.94 bits per heavy atom. The molecular weight excluding hydrogens is 226 g/mol. The van der Waals surface area contributed by atoms with Crippen molar-refractivity contribution in [2.24, 2.45) is 0 Å². The summed E-state index contributed by atoms with van der Waals surface area (Å²) in [7, 11) is 0. The number of hydrogen-bond acceptors (Lipinski definition) is 4. The van der Waals surface area contributed by atoms with E-state index in [1.165, 1.54) is 17.2 Å². The molecule has 0 saturated heterocycles. The highest BCUT2D eigenvalue weighted by Gasteiger charge is 1.99. The highest BCUT2D eigenvalue weighted by Crippen LogP contribution is 2.18. The summed E-state index contributed by atoms with van der Waals surface area (Å²) in [5.74, 6) is 0.725. The molecular formula is C14H13N3O. The van der Waals surface area contributed by atoms with Crippen LogP contribution in [0.25, 0.3) is 10.8 Å². The summed E-state index contributed by atoms with van der Waals surface area (Å²) in [6.45, 7) is 0.790. The van der Waals surface area contributed by atoms with Gasteiger partial charge in [-0.3, -0.25) is 0 Å². The zero-order valence-corrected chi connectivity index (χ0v) is 9.84. The summed E-state index contributed by atoms with van der Waals surface area (Å²) in [6, 6.07) is 14.7. The molecule has 4 nitrogen and oxygen atoms in total. The fraction of sp³-hybridized carbons (Fsp3) is 0.143. The summed E-state index contributed by atoms with van der Waals surface area (Å²) < 4.78 is 4.69. The second kappa shape index (κ2) is 4.87. The van der Waals surface area contributed by atoms with Crippen molar-refractivity contribution in [2.45, 2.75) is 6.42 Å². The third-order valence-corrected chi connectivity index (χ3v) is 2.83. The van der Waals surface area contributed by atoms with Crippen molar-refractivity contribution in [1.82, 2.24) is 10.1 Å². The molecule has 0 bridgehead atoms. The Balaban J connectivity index is 1.67. The number of fused-ring (bicyclic) bond motifs is 1. The van der Waals surface area contributed by atoms with E-state index in [0.29, 0.717) is 0 Å². The summed E-state index contributed by atoms with van der Waals surface area (Å²) in [5.41, 5.74) is 1.11. The molecule has 0 aliphatic rings. The molecule has 0 fully saturated rings. The molecule has 3 rings (SSSR count). The third-order valence-electron chi connectivity index (χ3n) is 2.83. The van der Waals surface area contributed by atoms with E-state index in [4.69, 9.17) is 0 Å². The minimum Gasteiger partial charge on any atom is -0.385 e. The lowest BCUT2D eigenvalue weighted by Gasteiger charge is -2.06. The second-order valence-electron chi connectivity index (χ2n) is 4.09. The van der Waals surface area contributed by atoms with Crippen molar-refractivity contribution in [3.05, 3.63) is 54.7 Å². The average Bonchev–Trinajstić information content (AvgIpc) is 2.92. The molecule has 3 aromatic rings. The lowest BCUT2D eigenvalue weighted by atomic mass is 10.1. The average molecular weight is 239 g/mol. The molecule has 0 atom stereocenters. The van der Waals surface area contributed by atoms with Crippen molar-refractivity contribution >= 4 is 16.5 Å². The number of nitrogens with zero attached hydrogens (tertiary/aromatic N) is 2. The van der Waals surface area contributed by atoms with E-state index in [1.807, 2.05) is 12.1 Å². The van der Waals surface area contributed by atoms with Gasteiger partial charge in [-0.2, -0.15) is 4.98 Å². The van der Waals surface area contributed by atoms with Crippen LogP contribution in [0.3, 0.4) is 0 Å². The topological polar surface area (TPSA) is 51.0 Å². The monoisotopic (exact) mass is 239 g/mol. The molecule has 0 radical (unpaired) electrons. The molecule has 0 aliphatic carbocycles. The third kappa shape index (κ3) is 2.32. The van der Waals surface area contributed by atoms with Crippen LogP contribution in [0.4, 0.5) is 5.69 Å². The van der Waals surface area contributed by atoms with E-state index < -0.39 is 0 Å². The molecule has 0 aliphatic heterocycles. The van der Waals surface area contributed by atoms with Gasteiger partial charge in [-0.1, -0.05) is 35.5 Å². The Morgan fingerprint density at radius 3 is 2.78 bits per heavy atom. The van der Waals surface area contributed by atoms with Crippen LogP contribution in [0.5, 0.6) is 0 Å². The fourth-order valence-electron chi connectivity index (χ4n) is 1.92. The lowest BCUT2D eigenvalue weighted by molar-refractivity contribution is 0.410. The van der Waals surface area contributed by atoms with Gasteiger partial charge in [0.1, 0.15) is 0 Å². The Morgan fingerprint density at radius 1 is 1.06 bits per heavy atom. The molecule has 0 unspecified atom stereocenters. The van der Waals surface area contributed by atoms with Crippen LogP contribution >= 0.6 is 0 Å². The molecule has 4 heteroatoms. The fourth-order valence-corrected chi connectivity index (χ4v) is 1.92. The maximum Gasteiger partial charge on any atom is 0.213 e. The highest BCUT2D eigenvalue weighted by molar-refractivity contribution is 5.85. The van der Waals surface area contributed by atoms with Crippen LogP contribution in [-0.4, -0.2) is 16.7 Å². The molecule has 0 spiro atoms. The minimum atomic E-state index is 0.725. The van der Waals surface area contributed by atoms with Crippen LogP contribution in [0, 0.1) is 0 Å². The molecule has 90 valence electrons. The van der Waals surface area contributed by atoms with Crippen molar-refractivity contribution in [2.75, 3.05) is 11.9 Å². The molecule has 0 amide bonds. The van der Waals surface area contributed by atoms with Gasteiger partial charge in [0, 0.05) is 18.7 Å². The SMILES string of the molecule is c1ccc2cc(NCCc3ncon3)ccc2c1.